The molecule has 0 radical (unpaired) electrons. The zero-order chi connectivity index (χ0) is 18.2. The summed E-state index contributed by atoms with van der Waals surface area (Å²) >= 11 is 0. The molecule has 3 aromatic rings. The number of hydrogen-bond donors (Lipinski definition) is 2. The Morgan fingerprint density at radius 1 is 1.00 bits per heavy atom. The molecule has 0 atom stereocenters. The van der Waals surface area contributed by atoms with E-state index in [1.807, 2.05) is 49.4 Å². The molecule has 6 nitrogen and oxygen atoms in total. The fraction of sp³-hybridized carbons (Fsp3) is 0.200. The lowest BCUT2D eigenvalue weighted by molar-refractivity contribution is 0.0949. The van der Waals surface area contributed by atoms with Crippen LogP contribution in [-0.2, 0) is 13.0 Å². The molecule has 0 fully saturated rings. The van der Waals surface area contributed by atoms with Crippen LogP contribution in [0.3, 0.4) is 0 Å². The summed E-state index contributed by atoms with van der Waals surface area (Å²) in [4.78, 5) is 25.0. The average Bonchev–Trinajstić information content (AvgIpc) is 2.67. The number of amides is 1. The van der Waals surface area contributed by atoms with Gasteiger partial charge in [0.25, 0.3) is 5.91 Å². The number of anilines is 1. The van der Waals surface area contributed by atoms with Crippen molar-refractivity contribution >= 4 is 11.9 Å². The van der Waals surface area contributed by atoms with Gasteiger partial charge in [-0.1, -0.05) is 30.3 Å². The minimum atomic E-state index is -0.196. The molecule has 2 aromatic heterocycles. The normalized spacial score (nSPS) is 10.3. The minimum Gasteiger partial charge on any atom is -0.350 e. The van der Waals surface area contributed by atoms with Gasteiger partial charge in [0.1, 0.15) is 5.69 Å². The Labute approximate surface area is 152 Å². The molecule has 0 unspecified atom stereocenters. The number of rotatable bonds is 7. The molecule has 2 N–H and O–H groups in total. The molecule has 3 rings (SSSR count). The smallest absolute Gasteiger partial charge is 0.270 e. The zero-order valence-electron chi connectivity index (χ0n) is 14.6. The van der Waals surface area contributed by atoms with E-state index in [1.165, 1.54) is 5.56 Å². The lowest BCUT2D eigenvalue weighted by Crippen LogP contribution is -2.27. The fourth-order valence-corrected chi connectivity index (χ4v) is 2.50. The first-order chi connectivity index (χ1) is 12.7. The Kier molecular flexibility index (Phi) is 5.88. The van der Waals surface area contributed by atoms with Gasteiger partial charge in [0.15, 0.2) is 0 Å². The van der Waals surface area contributed by atoms with Crippen LogP contribution < -0.4 is 10.6 Å². The molecule has 0 aliphatic carbocycles. The highest BCUT2D eigenvalue weighted by atomic mass is 16.1. The molecule has 1 amide bonds. The summed E-state index contributed by atoms with van der Waals surface area (Å²) in [5, 5.41) is 6.06. The summed E-state index contributed by atoms with van der Waals surface area (Å²) in [5.74, 6) is 0.244. The number of carbonyl (C=O) groups excluding carboxylic acids is 1. The summed E-state index contributed by atoms with van der Waals surface area (Å²) in [7, 11) is 0. The standard InChI is InChI=1S/C20H21N5O/c1-15-13-18(19(26)22-12-9-16-5-3-2-4-6-16)25-20(24-15)23-14-17-7-10-21-11-8-17/h2-8,10-11,13H,9,12,14H2,1H3,(H,22,26)(H,23,24,25). The second-order valence-corrected chi connectivity index (χ2v) is 5.92. The number of aryl methyl sites for hydroxylation is 1. The first-order valence-corrected chi connectivity index (χ1v) is 8.51. The minimum absolute atomic E-state index is 0.196. The van der Waals surface area contributed by atoms with Gasteiger partial charge in [0, 0.05) is 31.2 Å². The summed E-state index contributed by atoms with van der Waals surface area (Å²) in [6.07, 6.45) is 4.25. The highest BCUT2D eigenvalue weighted by molar-refractivity contribution is 5.92. The third kappa shape index (κ3) is 5.11. The van der Waals surface area contributed by atoms with Gasteiger partial charge in [-0.05, 0) is 42.7 Å². The number of nitrogens with one attached hydrogen (secondary N) is 2. The van der Waals surface area contributed by atoms with Crippen LogP contribution in [0.25, 0.3) is 0 Å². The SMILES string of the molecule is Cc1cc(C(=O)NCCc2ccccc2)nc(NCc2ccncc2)n1. The molecule has 0 saturated carbocycles. The zero-order valence-corrected chi connectivity index (χ0v) is 14.6. The van der Waals surface area contributed by atoms with Crippen LogP contribution in [0.15, 0.2) is 60.9 Å². The van der Waals surface area contributed by atoms with E-state index in [0.29, 0.717) is 24.7 Å². The molecule has 6 heteroatoms. The Morgan fingerprint density at radius 2 is 1.77 bits per heavy atom. The van der Waals surface area contributed by atoms with Crippen molar-refractivity contribution in [1.29, 1.82) is 0 Å². The number of pyridine rings is 1. The van der Waals surface area contributed by atoms with E-state index in [2.05, 4.69) is 25.6 Å². The number of hydrogen-bond acceptors (Lipinski definition) is 5. The Bertz CT molecular complexity index is 853. The fourth-order valence-electron chi connectivity index (χ4n) is 2.50. The van der Waals surface area contributed by atoms with E-state index in [9.17, 15) is 4.79 Å². The maximum absolute atomic E-state index is 12.4. The maximum Gasteiger partial charge on any atom is 0.270 e. The van der Waals surface area contributed by atoms with E-state index < -0.39 is 0 Å². The Balaban J connectivity index is 1.58. The summed E-state index contributed by atoms with van der Waals surface area (Å²) in [5.41, 5.74) is 3.36. The molecule has 2 heterocycles. The van der Waals surface area contributed by atoms with E-state index >= 15 is 0 Å². The van der Waals surface area contributed by atoms with E-state index in [1.54, 1.807) is 18.5 Å². The van der Waals surface area contributed by atoms with Gasteiger partial charge in [0.2, 0.25) is 5.95 Å². The number of benzene rings is 1. The van der Waals surface area contributed by atoms with E-state index in [-0.39, 0.29) is 5.91 Å². The van der Waals surface area contributed by atoms with Gasteiger partial charge in [-0.25, -0.2) is 9.97 Å². The van der Waals surface area contributed by atoms with Crippen molar-refractivity contribution < 1.29 is 4.79 Å². The predicted molar refractivity (Wildman–Crippen MR) is 101 cm³/mol. The second kappa shape index (κ2) is 8.71. The predicted octanol–water partition coefficient (Wildman–Crippen LogP) is 2.76. The third-order valence-corrected chi connectivity index (χ3v) is 3.83. The second-order valence-electron chi connectivity index (χ2n) is 5.92. The van der Waals surface area contributed by atoms with Crippen LogP contribution in [0.1, 0.15) is 27.3 Å². The highest BCUT2D eigenvalue weighted by Gasteiger charge is 2.10. The number of nitrogens with zero attached hydrogens (tertiary/aromatic N) is 3. The van der Waals surface area contributed by atoms with Crippen LogP contribution >= 0.6 is 0 Å². The van der Waals surface area contributed by atoms with Crippen molar-refractivity contribution in [3.63, 3.8) is 0 Å². The number of aromatic nitrogens is 3. The summed E-state index contributed by atoms with van der Waals surface area (Å²) in [6, 6.07) is 15.6. The van der Waals surface area contributed by atoms with Gasteiger partial charge in [-0.15, -0.1) is 0 Å². The van der Waals surface area contributed by atoms with Gasteiger partial charge >= 0.3 is 0 Å². The third-order valence-electron chi connectivity index (χ3n) is 3.83. The molecule has 0 aliphatic rings. The molecule has 0 aliphatic heterocycles. The Morgan fingerprint density at radius 3 is 2.54 bits per heavy atom. The number of carbonyl (C=O) groups is 1. The average molecular weight is 347 g/mol. The van der Waals surface area contributed by atoms with Gasteiger partial charge < -0.3 is 10.6 Å². The quantitative estimate of drug-likeness (QED) is 0.687. The van der Waals surface area contributed by atoms with Crippen LogP contribution in [0.4, 0.5) is 5.95 Å². The van der Waals surface area contributed by atoms with E-state index in [4.69, 9.17) is 0 Å². The van der Waals surface area contributed by atoms with Crippen molar-refractivity contribution in [2.24, 2.45) is 0 Å². The molecule has 0 bridgehead atoms. The molecular formula is C20H21N5O. The van der Waals surface area contributed by atoms with Crippen LogP contribution in [-0.4, -0.2) is 27.4 Å². The Hall–Kier alpha value is -3.28. The van der Waals surface area contributed by atoms with Crippen LogP contribution in [0.5, 0.6) is 0 Å². The lowest BCUT2D eigenvalue weighted by atomic mass is 10.1. The summed E-state index contributed by atoms with van der Waals surface area (Å²) < 4.78 is 0. The highest BCUT2D eigenvalue weighted by Crippen LogP contribution is 2.07. The molecule has 0 saturated heterocycles. The molecule has 26 heavy (non-hydrogen) atoms. The van der Waals surface area contributed by atoms with Crippen LogP contribution in [0, 0.1) is 6.92 Å². The van der Waals surface area contributed by atoms with Gasteiger partial charge in [-0.2, -0.15) is 0 Å². The van der Waals surface area contributed by atoms with Gasteiger partial charge in [0.05, 0.1) is 0 Å². The van der Waals surface area contributed by atoms with Crippen molar-refractivity contribution in [2.75, 3.05) is 11.9 Å². The monoisotopic (exact) mass is 347 g/mol. The summed E-state index contributed by atoms with van der Waals surface area (Å²) in [6.45, 7) is 2.98. The topological polar surface area (TPSA) is 79.8 Å². The molecular weight excluding hydrogens is 326 g/mol. The first kappa shape index (κ1) is 17.5. The largest absolute Gasteiger partial charge is 0.350 e. The molecule has 132 valence electrons. The van der Waals surface area contributed by atoms with Crippen molar-refractivity contribution in [3.05, 3.63) is 83.4 Å². The van der Waals surface area contributed by atoms with Gasteiger partial charge in [-0.3, -0.25) is 9.78 Å². The van der Waals surface area contributed by atoms with Crippen LogP contribution in [0.2, 0.25) is 0 Å². The van der Waals surface area contributed by atoms with Crippen molar-refractivity contribution in [2.45, 2.75) is 19.9 Å². The van der Waals surface area contributed by atoms with Crippen molar-refractivity contribution in [1.82, 2.24) is 20.3 Å². The van der Waals surface area contributed by atoms with E-state index in [0.717, 1.165) is 17.7 Å². The molecule has 1 aromatic carbocycles. The van der Waals surface area contributed by atoms with Crippen molar-refractivity contribution in [3.8, 4) is 0 Å². The lowest BCUT2D eigenvalue weighted by Gasteiger charge is -2.09. The molecule has 0 spiro atoms. The first-order valence-electron chi connectivity index (χ1n) is 8.51. The maximum atomic E-state index is 12.4.